The fourth-order valence-electron chi connectivity index (χ4n) is 2.86. The van der Waals surface area contributed by atoms with Crippen LogP contribution in [0.25, 0.3) is 17.2 Å². The van der Waals surface area contributed by atoms with Crippen molar-refractivity contribution in [3.05, 3.63) is 79.0 Å². The van der Waals surface area contributed by atoms with Crippen LogP contribution in [0.15, 0.2) is 84.1 Å². The molecule has 0 radical (unpaired) electrons. The van der Waals surface area contributed by atoms with Gasteiger partial charge in [-0.15, -0.1) is 10.2 Å². The van der Waals surface area contributed by atoms with Crippen molar-refractivity contribution in [2.45, 2.75) is 5.16 Å². The number of benzene rings is 2. The lowest BCUT2D eigenvalue weighted by atomic mass is 10.2. The molecule has 0 saturated heterocycles. The maximum atomic E-state index is 12.4. The third kappa shape index (κ3) is 4.49. The number of aromatic nitrogens is 4. The second kappa shape index (κ2) is 9.23. The molecule has 0 saturated carbocycles. The van der Waals surface area contributed by atoms with Gasteiger partial charge in [-0.3, -0.25) is 14.3 Å². The molecule has 1 N–H and O–H groups in total. The van der Waals surface area contributed by atoms with Crippen LogP contribution in [0.4, 0.5) is 5.69 Å². The Morgan fingerprint density at radius 1 is 1.03 bits per heavy atom. The summed E-state index contributed by atoms with van der Waals surface area (Å²) >= 11 is 1.31. The number of thioether (sulfide) groups is 1. The summed E-state index contributed by atoms with van der Waals surface area (Å²) < 4.78 is 7.24. The first-order valence-corrected chi connectivity index (χ1v) is 10.2. The highest BCUT2D eigenvalue weighted by atomic mass is 32.2. The molecule has 2 aromatic heterocycles. The molecule has 0 spiro atoms. The van der Waals surface area contributed by atoms with Crippen LogP contribution in [0, 0.1) is 0 Å². The van der Waals surface area contributed by atoms with E-state index >= 15 is 0 Å². The van der Waals surface area contributed by atoms with Gasteiger partial charge in [0, 0.05) is 18.0 Å². The number of rotatable bonds is 7. The van der Waals surface area contributed by atoms with Gasteiger partial charge in [-0.25, -0.2) is 0 Å². The van der Waals surface area contributed by atoms with Crippen molar-refractivity contribution >= 4 is 23.4 Å². The Morgan fingerprint density at radius 2 is 1.87 bits per heavy atom. The molecule has 0 aliphatic carbocycles. The number of para-hydroxylation sites is 1. The maximum absolute atomic E-state index is 12.4. The van der Waals surface area contributed by atoms with E-state index in [-0.39, 0.29) is 11.7 Å². The van der Waals surface area contributed by atoms with Crippen LogP contribution in [0.5, 0.6) is 5.75 Å². The number of anilines is 1. The molecule has 4 rings (SSSR count). The Bertz CT molecular complexity index is 1130. The van der Waals surface area contributed by atoms with E-state index in [0.717, 1.165) is 11.4 Å². The highest BCUT2D eigenvalue weighted by molar-refractivity contribution is 7.99. The lowest BCUT2D eigenvalue weighted by Crippen LogP contribution is -2.14. The first-order chi connectivity index (χ1) is 14.7. The topological polar surface area (TPSA) is 81.9 Å². The van der Waals surface area contributed by atoms with Crippen molar-refractivity contribution in [2.24, 2.45) is 0 Å². The Morgan fingerprint density at radius 3 is 2.63 bits per heavy atom. The number of amides is 1. The number of nitrogens with one attached hydrogen (secondary N) is 1. The van der Waals surface area contributed by atoms with E-state index in [9.17, 15) is 4.79 Å². The molecule has 0 aliphatic rings. The monoisotopic (exact) mass is 417 g/mol. The minimum absolute atomic E-state index is 0.120. The SMILES string of the molecule is COc1cccc(-n2c(SCC(=O)Nc3ccccc3)nnc2-c2ccccn2)c1. The molecule has 0 aliphatic heterocycles. The van der Waals surface area contributed by atoms with Crippen molar-refractivity contribution in [1.82, 2.24) is 19.7 Å². The summed E-state index contributed by atoms with van der Waals surface area (Å²) in [5, 5.41) is 12.1. The molecule has 0 fully saturated rings. The number of carbonyl (C=O) groups excluding carboxylic acids is 1. The minimum Gasteiger partial charge on any atom is -0.497 e. The van der Waals surface area contributed by atoms with Gasteiger partial charge in [-0.2, -0.15) is 0 Å². The van der Waals surface area contributed by atoms with E-state index in [0.29, 0.717) is 22.4 Å². The molecule has 0 atom stereocenters. The summed E-state index contributed by atoms with van der Waals surface area (Å²) in [6.45, 7) is 0. The fourth-order valence-corrected chi connectivity index (χ4v) is 3.61. The van der Waals surface area contributed by atoms with Crippen LogP contribution < -0.4 is 10.1 Å². The van der Waals surface area contributed by atoms with Gasteiger partial charge >= 0.3 is 0 Å². The maximum Gasteiger partial charge on any atom is 0.234 e. The predicted octanol–water partition coefficient (Wildman–Crippen LogP) is 4.07. The zero-order valence-corrected chi connectivity index (χ0v) is 17.0. The minimum atomic E-state index is -0.120. The van der Waals surface area contributed by atoms with E-state index in [1.54, 1.807) is 13.3 Å². The van der Waals surface area contributed by atoms with Gasteiger partial charge in [0.15, 0.2) is 11.0 Å². The first-order valence-electron chi connectivity index (χ1n) is 9.23. The van der Waals surface area contributed by atoms with Crippen molar-refractivity contribution in [2.75, 3.05) is 18.2 Å². The zero-order chi connectivity index (χ0) is 20.8. The van der Waals surface area contributed by atoms with E-state index in [1.807, 2.05) is 77.4 Å². The summed E-state index contributed by atoms with van der Waals surface area (Å²) in [4.78, 5) is 16.8. The van der Waals surface area contributed by atoms with Crippen LogP contribution in [-0.2, 0) is 4.79 Å². The second-order valence-corrected chi connectivity index (χ2v) is 7.20. The molecule has 30 heavy (non-hydrogen) atoms. The molecule has 2 aromatic carbocycles. The standard InChI is InChI=1S/C22H19N5O2S/c1-29-18-11-7-10-17(14-18)27-21(19-12-5-6-13-23-19)25-26-22(27)30-15-20(28)24-16-8-3-2-4-9-16/h2-14H,15H2,1H3,(H,24,28). The van der Waals surface area contributed by atoms with E-state index in [2.05, 4.69) is 20.5 Å². The summed E-state index contributed by atoms with van der Waals surface area (Å²) in [5.74, 6) is 1.38. The van der Waals surface area contributed by atoms with E-state index < -0.39 is 0 Å². The van der Waals surface area contributed by atoms with Crippen LogP contribution in [0.2, 0.25) is 0 Å². The van der Waals surface area contributed by atoms with Gasteiger partial charge in [0.25, 0.3) is 0 Å². The Hall–Kier alpha value is -3.65. The molecule has 150 valence electrons. The molecule has 7 nitrogen and oxygen atoms in total. The number of carbonyl (C=O) groups is 1. The fraction of sp³-hybridized carbons (Fsp3) is 0.0909. The quantitative estimate of drug-likeness (QED) is 0.457. The molecule has 4 aromatic rings. The molecule has 0 bridgehead atoms. The third-order valence-corrected chi connectivity index (χ3v) is 5.16. The van der Waals surface area contributed by atoms with Crippen LogP contribution in [0.1, 0.15) is 0 Å². The smallest absolute Gasteiger partial charge is 0.234 e. The molecule has 2 heterocycles. The molecule has 1 amide bonds. The number of hydrogen-bond acceptors (Lipinski definition) is 6. The second-order valence-electron chi connectivity index (χ2n) is 6.26. The van der Waals surface area contributed by atoms with Gasteiger partial charge in [-0.05, 0) is 36.4 Å². The predicted molar refractivity (Wildman–Crippen MR) is 117 cm³/mol. The normalized spacial score (nSPS) is 10.6. The van der Waals surface area contributed by atoms with Gasteiger partial charge in [0.2, 0.25) is 5.91 Å². The molecular weight excluding hydrogens is 398 g/mol. The average Bonchev–Trinajstić information content (AvgIpc) is 3.23. The van der Waals surface area contributed by atoms with E-state index in [4.69, 9.17) is 4.74 Å². The highest BCUT2D eigenvalue weighted by Gasteiger charge is 2.18. The van der Waals surface area contributed by atoms with Gasteiger partial charge < -0.3 is 10.1 Å². The summed E-state index contributed by atoms with van der Waals surface area (Å²) in [6, 6.07) is 22.6. The van der Waals surface area contributed by atoms with Crippen LogP contribution >= 0.6 is 11.8 Å². The first kappa shape index (κ1) is 19.7. The lowest BCUT2D eigenvalue weighted by molar-refractivity contribution is -0.113. The summed E-state index contributed by atoms with van der Waals surface area (Å²) in [6.07, 6.45) is 1.71. The van der Waals surface area contributed by atoms with Crippen molar-refractivity contribution < 1.29 is 9.53 Å². The highest BCUT2D eigenvalue weighted by Crippen LogP contribution is 2.28. The number of nitrogens with zero attached hydrogens (tertiary/aromatic N) is 4. The molecule has 8 heteroatoms. The third-order valence-electron chi connectivity index (χ3n) is 4.23. The van der Waals surface area contributed by atoms with Crippen LogP contribution in [-0.4, -0.2) is 38.5 Å². The number of hydrogen-bond donors (Lipinski definition) is 1. The van der Waals surface area contributed by atoms with E-state index in [1.165, 1.54) is 11.8 Å². The average molecular weight is 417 g/mol. The van der Waals surface area contributed by atoms with Gasteiger partial charge in [0.05, 0.1) is 18.6 Å². The Balaban J connectivity index is 1.62. The summed E-state index contributed by atoms with van der Waals surface area (Å²) in [5.41, 5.74) is 2.27. The van der Waals surface area contributed by atoms with Crippen molar-refractivity contribution in [3.63, 3.8) is 0 Å². The number of methoxy groups -OCH3 is 1. The number of pyridine rings is 1. The van der Waals surface area contributed by atoms with Gasteiger partial charge in [-0.1, -0.05) is 42.1 Å². The zero-order valence-electron chi connectivity index (χ0n) is 16.2. The number of ether oxygens (including phenoxy) is 1. The van der Waals surface area contributed by atoms with Crippen molar-refractivity contribution in [3.8, 4) is 23.0 Å². The van der Waals surface area contributed by atoms with Crippen LogP contribution in [0.3, 0.4) is 0 Å². The Labute approximate surface area is 178 Å². The lowest BCUT2D eigenvalue weighted by Gasteiger charge is -2.11. The Kier molecular flexibility index (Phi) is 6.05. The molecule has 0 unspecified atom stereocenters. The molecular formula is C22H19N5O2S. The van der Waals surface area contributed by atoms with Gasteiger partial charge in [0.1, 0.15) is 11.4 Å². The largest absolute Gasteiger partial charge is 0.497 e. The van der Waals surface area contributed by atoms with Crippen molar-refractivity contribution in [1.29, 1.82) is 0 Å². The summed E-state index contributed by atoms with van der Waals surface area (Å²) in [7, 11) is 1.62.